The Labute approximate surface area is 128 Å². The van der Waals surface area contributed by atoms with Crippen LogP contribution in [-0.4, -0.2) is 87.2 Å². The molecule has 0 aliphatic carbocycles. The van der Waals surface area contributed by atoms with Gasteiger partial charge >= 0.3 is 0 Å². The largest absolute Gasteiger partial charge is 0.379 e. The van der Waals surface area contributed by atoms with E-state index in [1.165, 1.54) is 5.57 Å². The summed E-state index contributed by atoms with van der Waals surface area (Å²) in [5.41, 5.74) is 5.59. The van der Waals surface area contributed by atoms with Crippen LogP contribution in [-0.2, 0) is 9.47 Å². The van der Waals surface area contributed by atoms with E-state index in [4.69, 9.17) is 9.47 Å². The van der Waals surface area contributed by atoms with Gasteiger partial charge in [-0.05, 0) is 13.8 Å². The molecule has 2 aliphatic heterocycles. The molecule has 2 heterocycles. The quantitative estimate of drug-likeness (QED) is 0.491. The number of ether oxygens (including phenoxy) is 2. The maximum Gasteiger partial charge on any atom is 0.0594 e. The van der Waals surface area contributed by atoms with Crippen LogP contribution >= 0.6 is 0 Å². The molecule has 4 nitrogen and oxygen atoms in total. The van der Waals surface area contributed by atoms with Gasteiger partial charge in [0.05, 0.1) is 35.9 Å². The summed E-state index contributed by atoms with van der Waals surface area (Å²) in [4.78, 5) is 5.38. The Hall–Kier alpha value is 0.0138. The van der Waals surface area contributed by atoms with Crippen LogP contribution in [0.25, 0.3) is 0 Å². The molecule has 2 saturated heterocycles. The average molecular weight is 315 g/mol. The van der Waals surface area contributed by atoms with Crippen LogP contribution in [0.4, 0.5) is 0 Å². The lowest BCUT2D eigenvalue weighted by Crippen LogP contribution is -2.58. The van der Waals surface area contributed by atoms with Gasteiger partial charge < -0.3 is 9.47 Å². The molecule has 6 heteroatoms. The standard InChI is InChI=1S/C14H30N2O2Si2/c1-13(2)11-19-12-20-14(15-3-7-17-8-4-15)16-5-9-18-10-6-16/h11,14H,3-10,12,19-20H2,1-2H3. The van der Waals surface area contributed by atoms with Crippen molar-refractivity contribution in [2.45, 2.75) is 25.3 Å². The van der Waals surface area contributed by atoms with E-state index < -0.39 is 0 Å². The zero-order valence-corrected chi connectivity index (χ0v) is 16.0. The lowest BCUT2D eigenvalue weighted by Gasteiger charge is -2.43. The van der Waals surface area contributed by atoms with Gasteiger partial charge in [-0.3, -0.25) is 9.80 Å². The SMILES string of the molecule is CC(C)=C[SiH2]C[SiH2]C(N1CCOCC1)N1CCOCC1. The van der Waals surface area contributed by atoms with E-state index in [1.54, 1.807) is 5.67 Å². The lowest BCUT2D eigenvalue weighted by molar-refractivity contribution is -0.0390. The summed E-state index contributed by atoms with van der Waals surface area (Å²) in [7, 11) is -0.0157. The third-order valence-electron chi connectivity index (χ3n) is 4.15. The summed E-state index contributed by atoms with van der Waals surface area (Å²) in [5, 5.41) is 0. The van der Waals surface area contributed by atoms with Crippen molar-refractivity contribution in [3.63, 3.8) is 0 Å². The third-order valence-corrected chi connectivity index (χ3v) is 10.1. The molecule has 2 aliphatic rings. The van der Waals surface area contributed by atoms with Gasteiger partial charge in [-0.25, -0.2) is 0 Å². The molecule has 116 valence electrons. The van der Waals surface area contributed by atoms with Crippen LogP contribution in [0, 0.1) is 0 Å². The molecule has 0 bridgehead atoms. The average Bonchev–Trinajstić information content (AvgIpc) is 2.49. The van der Waals surface area contributed by atoms with Gasteiger partial charge in [0.2, 0.25) is 0 Å². The van der Waals surface area contributed by atoms with Crippen LogP contribution in [0.1, 0.15) is 13.8 Å². The number of rotatable bonds is 6. The molecule has 2 fully saturated rings. The highest BCUT2D eigenvalue weighted by atomic mass is 28.3. The van der Waals surface area contributed by atoms with Gasteiger partial charge in [0.15, 0.2) is 0 Å². The Kier molecular flexibility index (Phi) is 7.47. The highest BCUT2D eigenvalue weighted by molar-refractivity contribution is 6.59. The van der Waals surface area contributed by atoms with Crippen LogP contribution in [0.15, 0.2) is 11.3 Å². The fraction of sp³-hybridized carbons (Fsp3) is 0.857. The fourth-order valence-corrected chi connectivity index (χ4v) is 8.30. The first-order valence-corrected chi connectivity index (χ1v) is 11.7. The number of hydrogen-bond donors (Lipinski definition) is 0. The van der Waals surface area contributed by atoms with E-state index in [0.29, 0.717) is 0 Å². The molecule has 0 amide bonds. The van der Waals surface area contributed by atoms with E-state index in [9.17, 15) is 0 Å². The van der Waals surface area contributed by atoms with Crippen molar-refractivity contribution in [3.8, 4) is 0 Å². The summed E-state index contributed by atoms with van der Waals surface area (Å²) in [6.45, 7) is 12.6. The summed E-state index contributed by atoms with van der Waals surface area (Å²) >= 11 is 0. The van der Waals surface area contributed by atoms with Crippen LogP contribution in [0.3, 0.4) is 0 Å². The second kappa shape index (κ2) is 9.12. The molecule has 0 N–H and O–H groups in total. The molecule has 0 aromatic heterocycles. The Morgan fingerprint density at radius 1 is 1.00 bits per heavy atom. The maximum atomic E-state index is 5.52. The van der Waals surface area contributed by atoms with E-state index in [2.05, 4.69) is 29.3 Å². The molecule has 2 rings (SSSR count). The van der Waals surface area contributed by atoms with Crippen LogP contribution < -0.4 is 0 Å². The van der Waals surface area contributed by atoms with E-state index >= 15 is 0 Å². The molecule has 20 heavy (non-hydrogen) atoms. The summed E-state index contributed by atoms with van der Waals surface area (Å²) < 4.78 is 11.0. The normalized spacial score (nSPS) is 23.4. The second-order valence-corrected chi connectivity index (χ2v) is 11.1. The molecule has 0 aromatic carbocycles. The predicted octanol–water partition coefficient (Wildman–Crippen LogP) is -0.428. The van der Waals surface area contributed by atoms with Crippen LogP contribution in [0.2, 0.25) is 5.67 Å². The lowest BCUT2D eigenvalue weighted by atomic mass is 10.4. The number of morpholine rings is 2. The minimum absolute atomic E-state index is 0.0338. The van der Waals surface area contributed by atoms with Crippen molar-refractivity contribution in [2.24, 2.45) is 0 Å². The predicted molar refractivity (Wildman–Crippen MR) is 89.9 cm³/mol. The summed E-state index contributed by atoms with van der Waals surface area (Å²) in [6, 6.07) is 0. The Morgan fingerprint density at radius 3 is 1.95 bits per heavy atom. The highest BCUT2D eigenvalue weighted by Crippen LogP contribution is 2.11. The molecule has 0 aromatic rings. The molecule has 0 spiro atoms. The smallest absolute Gasteiger partial charge is 0.0594 e. The van der Waals surface area contributed by atoms with Crippen molar-refractivity contribution >= 4 is 19.0 Å². The molecule has 0 radical (unpaired) electrons. The zero-order chi connectivity index (χ0) is 14.2. The molecule has 0 unspecified atom stereocenters. The van der Waals surface area contributed by atoms with Gasteiger partial charge in [0.25, 0.3) is 0 Å². The topological polar surface area (TPSA) is 24.9 Å². The monoisotopic (exact) mass is 314 g/mol. The number of hydrogen-bond acceptors (Lipinski definition) is 4. The minimum atomic E-state index is -0.0495. The number of allylic oxidation sites excluding steroid dienone is 1. The van der Waals surface area contributed by atoms with Crippen molar-refractivity contribution in [1.29, 1.82) is 0 Å². The van der Waals surface area contributed by atoms with E-state index in [0.717, 1.165) is 58.4 Å². The zero-order valence-electron chi connectivity index (χ0n) is 13.1. The second-order valence-electron chi connectivity index (χ2n) is 5.99. The Balaban J connectivity index is 1.86. The first-order valence-electron chi connectivity index (χ1n) is 8.04. The Bertz CT molecular complexity index is 282. The van der Waals surface area contributed by atoms with Crippen LogP contribution in [0.5, 0.6) is 0 Å². The van der Waals surface area contributed by atoms with Crippen molar-refractivity contribution in [2.75, 3.05) is 52.6 Å². The van der Waals surface area contributed by atoms with E-state index in [-0.39, 0.29) is 19.0 Å². The van der Waals surface area contributed by atoms with Crippen molar-refractivity contribution in [1.82, 2.24) is 9.80 Å². The molecular formula is C14H30N2O2Si2. The van der Waals surface area contributed by atoms with Gasteiger partial charge in [0, 0.05) is 41.5 Å². The first kappa shape index (κ1) is 16.4. The first-order chi connectivity index (χ1) is 9.77. The van der Waals surface area contributed by atoms with Gasteiger partial charge in [-0.15, -0.1) is 5.70 Å². The highest BCUT2D eigenvalue weighted by Gasteiger charge is 2.27. The van der Waals surface area contributed by atoms with Crippen molar-refractivity contribution < 1.29 is 9.47 Å². The van der Waals surface area contributed by atoms with Gasteiger partial charge in [-0.1, -0.05) is 11.2 Å². The third kappa shape index (κ3) is 5.42. The fourth-order valence-electron chi connectivity index (χ4n) is 3.04. The number of nitrogens with zero attached hydrogens (tertiary/aromatic N) is 2. The van der Waals surface area contributed by atoms with Gasteiger partial charge in [0.1, 0.15) is 0 Å². The molecule has 0 saturated carbocycles. The van der Waals surface area contributed by atoms with Gasteiger partial charge in [-0.2, -0.15) is 0 Å². The Morgan fingerprint density at radius 2 is 1.50 bits per heavy atom. The summed E-state index contributed by atoms with van der Waals surface area (Å²) in [5.74, 6) is 0.751. The molecular weight excluding hydrogens is 284 g/mol. The maximum absolute atomic E-state index is 5.52. The summed E-state index contributed by atoms with van der Waals surface area (Å²) in [6.07, 6.45) is 0. The van der Waals surface area contributed by atoms with E-state index in [1.807, 2.05) is 0 Å². The minimum Gasteiger partial charge on any atom is -0.379 e. The van der Waals surface area contributed by atoms with Crippen molar-refractivity contribution in [3.05, 3.63) is 11.3 Å². The molecule has 0 atom stereocenters.